The molecule has 0 saturated heterocycles. The molecule has 0 aliphatic carbocycles. The van der Waals surface area contributed by atoms with Crippen molar-refractivity contribution in [3.63, 3.8) is 0 Å². The summed E-state index contributed by atoms with van der Waals surface area (Å²) in [4.78, 5) is 13.4. The van der Waals surface area contributed by atoms with E-state index in [1.165, 1.54) is 5.56 Å². The van der Waals surface area contributed by atoms with Crippen molar-refractivity contribution in [2.75, 3.05) is 5.32 Å². The standard InChI is InChI=1S/C19H16BrN5/c1-13-5-2-3-7-15(13)16-12-25-17(20)11-23-19(25)18(24-16)22-10-14-6-4-8-21-9-14/h2-9,11-12H,10H2,1H3,(H,22,24). The zero-order valence-corrected chi connectivity index (χ0v) is 15.2. The first-order valence-electron chi connectivity index (χ1n) is 7.95. The summed E-state index contributed by atoms with van der Waals surface area (Å²) in [6, 6.07) is 12.2. The number of aryl methyl sites for hydroxylation is 1. The molecule has 3 aromatic heterocycles. The average molecular weight is 394 g/mol. The van der Waals surface area contributed by atoms with Crippen LogP contribution >= 0.6 is 15.9 Å². The lowest BCUT2D eigenvalue weighted by atomic mass is 10.1. The van der Waals surface area contributed by atoms with Gasteiger partial charge in [0.2, 0.25) is 0 Å². The molecule has 0 aliphatic heterocycles. The lowest BCUT2D eigenvalue weighted by molar-refractivity contribution is 1.05. The second kappa shape index (κ2) is 6.64. The second-order valence-corrected chi connectivity index (χ2v) is 6.59. The smallest absolute Gasteiger partial charge is 0.181 e. The van der Waals surface area contributed by atoms with Gasteiger partial charge in [0.1, 0.15) is 4.60 Å². The van der Waals surface area contributed by atoms with Crippen molar-refractivity contribution >= 4 is 27.4 Å². The van der Waals surface area contributed by atoms with Gasteiger partial charge in [-0.1, -0.05) is 30.3 Å². The summed E-state index contributed by atoms with van der Waals surface area (Å²) < 4.78 is 2.89. The number of hydrogen-bond acceptors (Lipinski definition) is 4. The first kappa shape index (κ1) is 15.8. The third-order valence-corrected chi connectivity index (χ3v) is 4.64. The molecule has 0 radical (unpaired) electrons. The number of anilines is 1. The summed E-state index contributed by atoms with van der Waals surface area (Å²) in [5.41, 5.74) is 5.07. The van der Waals surface area contributed by atoms with Crippen LogP contribution in [-0.4, -0.2) is 19.4 Å². The van der Waals surface area contributed by atoms with Gasteiger partial charge in [0.05, 0.1) is 11.9 Å². The molecule has 0 unspecified atom stereocenters. The van der Waals surface area contributed by atoms with Crippen molar-refractivity contribution in [1.82, 2.24) is 19.4 Å². The van der Waals surface area contributed by atoms with E-state index in [2.05, 4.69) is 50.3 Å². The zero-order chi connectivity index (χ0) is 17.2. The number of rotatable bonds is 4. The maximum absolute atomic E-state index is 4.82. The highest BCUT2D eigenvalue weighted by Crippen LogP contribution is 2.27. The van der Waals surface area contributed by atoms with Crippen molar-refractivity contribution in [2.45, 2.75) is 13.5 Å². The predicted molar refractivity (Wildman–Crippen MR) is 102 cm³/mol. The topological polar surface area (TPSA) is 55.1 Å². The Morgan fingerprint density at radius 3 is 2.80 bits per heavy atom. The van der Waals surface area contributed by atoms with Gasteiger partial charge in [-0.15, -0.1) is 0 Å². The molecule has 0 saturated carbocycles. The first-order chi connectivity index (χ1) is 12.2. The number of hydrogen-bond donors (Lipinski definition) is 1. The SMILES string of the molecule is Cc1ccccc1-c1cn2c(Br)cnc2c(NCc2cccnc2)n1. The molecule has 6 heteroatoms. The van der Waals surface area contributed by atoms with Gasteiger partial charge in [0, 0.05) is 30.7 Å². The summed E-state index contributed by atoms with van der Waals surface area (Å²) >= 11 is 3.56. The molecule has 25 heavy (non-hydrogen) atoms. The Morgan fingerprint density at radius 2 is 2.00 bits per heavy atom. The molecule has 4 aromatic rings. The summed E-state index contributed by atoms with van der Waals surface area (Å²) in [6.45, 7) is 2.73. The Hall–Kier alpha value is -2.73. The number of halogens is 1. The fourth-order valence-corrected chi connectivity index (χ4v) is 3.13. The molecule has 0 spiro atoms. The van der Waals surface area contributed by atoms with E-state index >= 15 is 0 Å². The monoisotopic (exact) mass is 393 g/mol. The van der Waals surface area contributed by atoms with Crippen LogP contribution in [0.5, 0.6) is 0 Å². The van der Waals surface area contributed by atoms with E-state index in [-0.39, 0.29) is 0 Å². The summed E-state index contributed by atoms with van der Waals surface area (Å²) in [5.74, 6) is 0.746. The number of benzene rings is 1. The third-order valence-electron chi connectivity index (χ3n) is 4.05. The first-order valence-corrected chi connectivity index (χ1v) is 8.74. The molecule has 1 N–H and O–H groups in total. The number of aromatic nitrogens is 4. The van der Waals surface area contributed by atoms with Gasteiger partial charge in [-0.3, -0.25) is 9.38 Å². The van der Waals surface area contributed by atoms with E-state index in [4.69, 9.17) is 4.98 Å². The molecule has 124 valence electrons. The van der Waals surface area contributed by atoms with Crippen LogP contribution in [0.15, 0.2) is 65.8 Å². The van der Waals surface area contributed by atoms with Crippen LogP contribution in [0.2, 0.25) is 0 Å². The maximum Gasteiger partial charge on any atom is 0.181 e. The molecule has 0 bridgehead atoms. The van der Waals surface area contributed by atoms with Crippen LogP contribution < -0.4 is 5.32 Å². The van der Waals surface area contributed by atoms with Crippen LogP contribution in [0.25, 0.3) is 16.9 Å². The fraction of sp³-hybridized carbons (Fsp3) is 0.105. The minimum absolute atomic E-state index is 0.637. The minimum Gasteiger partial charge on any atom is -0.363 e. The van der Waals surface area contributed by atoms with Crippen LogP contribution in [0, 0.1) is 6.92 Å². The molecule has 5 nitrogen and oxygen atoms in total. The highest BCUT2D eigenvalue weighted by atomic mass is 79.9. The fourth-order valence-electron chi connectivity index (χ4n) is 2.76. The largest absolute Gasteiger partial charge is 0.363 e. The van der Waals surface area contributed by atoms with E-state index in [1.54, 1.807) is 12.4 Å². The van der Waals surface area contributed by atoms with Crippen LogP contribution in [0.4, 0.5) is 5.82 Å². The summed E-state index contributed by atoms with van der Waals surface area (Å²) in [5, 5.41) is 3.39. The van der Waals surface area contributed by atoms with Crippen molar-refractivity contribution < 1.29 is 0 Å². The molecule has 0 atom stereocenters. The highest BCUT2D eigenvalue weighted by Gasteiger charge is 2.12. The van der Waals surface area contributed by atoms with E-state index < -0.39 is 0 Å². The Kier molecular flexibility index (Phi) is 4.19. The third kappa shape index (κ3) is 3.13. The number of nitrogens with one attached hydrogen (secondary N) is 1. The van der Waals surface area contributed by atoms with Crippen molar-refractivity contribution in [1.29, 1.82) is 0 Å². The molecule has 1 aromatic carbocycles. The normalized spacial score (nSPS) is 11.0. The van der Waals surface area contributed by atoms with Gasteiger partial charge in [0.25, 0.3) is 0 Å². The van der Waals surface area contributed by atoms with Crippen LogP contribution in [-0.2, 0) is 6.54 Å². The van der Waals surface area contributed by atoms with Gasteiger partial charge >= 0.3 is 0 Å². The number of nitrogens with zero attached hydrogens (tertiary/aromatic N) is 4. The Morgan fingerprint density at radius 1 is 1.12 bits per heavy atom. The minimum atomic E-state index is 0.637. The second-order valence-electron chi connectivity index (χ2n) is 5.78. The van der Waals surface area contributed by atoms with E-state index in [1.807, 2.05) is 41.1 Å². The Labute approximate surface area is 153 Å². The number of pyridine rings is 1. The molecule has 0 fully saturated rings. The van der Waals surface area contributed by atoms with Crippen molar-refractivity contribution in [3.05, 3.63) is 76.9 Å². The van der Waals surface area contributed by atoms with Gasteiger partial charge in [-0.2, -0.15) is 0 Å². The molecule has 0 aliphatic rings. The van der Waals surface area contributed by atoms with Gasteiger partial charge in [0.15, 0.2) is 11.5 Å². The van der Waals surface area contributed by atoms with Crippen LogP contribution in [0.1, 0.15) is 11.1 Å². The van der Waals surface area contributed by atoms with Crippen molar-refractivity contribution in [3.8, 4) is 11.3 Å². The van der Waals surface area contributed by atoms with Gasteiger partial charge < -0.3 is 5.32 Å². The molecular weight excluding hydrogens is 378 g/mol. The number of fused-ring (bicyclic) bond motifs is 1. The van der Waals surface area contributed by atoms with E-state index in [9.17, 15) is 0 Å². The molecule has 3 heterocycles. The summed E-state index contributed by atoms with van der Waals surface area (Å²) in [6.07, 6.45) is 7.40. The van der Waals surface area contributed by atoms with Gasteiger partial charge in [-0.05, 0) is 40.0 Å². The zero-order valence-electron chi connectivity index (χ0n) is 13.6. The van der Waals surface area contributed by atoms with Crippen molar-refractivity contribution in [2.24, 2.45) is 0 Å². The average Bonchev–Trinajstić information content (AvgIpc) is 3.02. The number of imidazole rings is 1. The lowest BCUT2D eigenvalue weighted by Gasteiger charge is -2.11. The van der Waals surface area contributed by atoms with Crippen LogP contribution in [0.3, 0.4) is 0 Å². The Bertz CT molecular complexity index is 1030. The Balaban J connectivity index is 1.78. The maximum atomic E-state index is 4.82. The quantitative estimate of drug-likeness (QED) is 0.555. The molecular formula is C19H16BrN5. The molecule has 4 rings (SSSR count). The summed E-state index contributed by atoms with van der Waals surface area (Å²) in [7, 11) is 0. The lowest BCUT2D eigenvalue weighted by Crippen LogP contribution is -2.05. The van der Waals surface area contributed by atoms with E-state index in [0.717, 1.165) is 32.9 Å². The molecule has 0 amide bonds. The highest BCUT2D eigenvalue weighted by molar-refractivity contribution is 9.10. The predicted octanol–water partition coefficient (Wildman–Crippen LogP) is 4.47. The van der Waals surface area contributed by atoms with Gasteiger partial charge in [-0.25, -0.2) is 9.97 Å². The van der Waals surface area contributed by atoms with E-state index in [0.29, 0.717) is 6.54 Å².